The van der Waals surface area contributed by atoms with E-state index in [-0.39, 0.29) is 5.75 Å². The number of esters is 1. The summed E-state index contributed by atoms with van der Waals surface area (Å²) in [6, 6.07) is 15.0. The molecule has 0 aliphatic carbocycles. The Morgan fingerprint density at radius 1 is 1.14 bits per heavy atom. The fraction of sp³-hybridized carbons (Fsp3) is 0.286. The molecule has 6 nitrogen and oxygen atoms in total. The zero-order valence-corrected chi connectivity index (χ0v) is 21.6. The monoisotopic (exact) mass is 508 g/mol. The van der Waals surface area contributed by atoms with E-state index in [1.54, 1.807) is 6.07 Å². The Kier molecular flexibility index (Phi) is 7.76. The summed E-state index contributed by atoms with van der Waals surface area (Å²) in [5.74, 6) is 0.277. The van der Waals surface area contributed by atoms with Crippen LogP contribution in [-0.2, 0) is 14.8 Å². The van der Waals surface area contributed by atoms with Crippen LogP contribution in [-0.4, -0.2) is 32.2 Å². The highest BCUT2D eigenvalue weighted by Gasteiger charge is 2.62. The molecule has 2 aromatic carbocycles. The summed E-state index contributed by atoms with van der Waals surface area (Å²) in [4.78, 5) is 28.0. The van der Waals surface area contributed by atoms with Gasteiger partial charge in [0.05, 0.1) is 11.4 Å². The van der Waals surface area contributed by atoms with Gasteiger partial charge in [-0.2, -0.15) is 4.89 Å². The highest BCUT2D eigenvalue weighted by Crippen LogP contribution is 2.44. The lowest BCUT2D eigenvalue weighted by Crippen LogP contribution is -2.46. The van der Waals surface area contributed by atoms with Crippen molar-refractivity contribution in [2.45, 2.75) is 51.3 Å². The van der Waals surface area contributed by atoms with Crippen LogP contribution in [0.25, 0.3) is 22.4 Å². The first-order valence-corrected chi connectivity index (χ1v) is 12.5. The molecule has 8 heteroatoms. The van der Waals surface area contributed by atoms with Gasteiger partial charge in [-0.1, -0.05) is 57.2 Å². The number of hydrogen-bond donors (Lipinski definition) is 2. The number of benzene rings is 2. The molecule has 1 aromatic heterocycles. The average Bonchev–Trinajstić information content (AvgIpc) is 2.80. The average molecular weight is 509 g/mol. The van der Waals surface area contributed by atoms with Gasteiger partial charge < -0.3 is 9.84 Å². The molecule has 0 saturated carbocycles. The number of carbonyl (C=O) groups is 1. The van der Waals surface area contributed by atoms with Gasteiger partial charge in [0, 0.05) is 16.5 Å². The second kappa shape index (κ2) is 10.3. The number of ether oxygens (including phenoxy) is 1. The molecule has 0 spiro atoms. The van der Waals surface area contributed by atoms with E-state index in [1.165, 1.54) is 24.3 Å². The molecule has 186 valence electrons. The largest absolute Gasteiger partial charge is 0.540 e. The minimum Gasteiger partial charge on any atom is -0.419 e. The third-order valence-corrected chi connectivity index (χ3v) is 7.18. The van der Waals surface area contributed by atoms with Gasteiger partial charge in [-0.25, -0.2) is 14.2 Å². The van der Waals surface area contributed by atoms with Crippen LogP contribution in [0.15, 0.2) is 54.6 Å². The highest BCUT2D eigenvalue weighted by atomic mass is 31.1. The third kappa shape index (κ3) is 5.08. The topological polar surface area (TPSA) is 96.7 Å². The van der Waals surface area contributed by atoms with E-state index in [9.17, 15) is 23.7 Å². The molecule has 36 heavy (non-hydrogen) atoms. The van der Waals surface area contributed by atoms with Gasteiger partial charge in [-0.05, 0) is 53.7 Å². The van der Waals surface area contributed by atoms with Crippen molar-refractivity contribution in [2.24, 2.45) is 0 Å². The fourth-order valence-corrected chi connectivity index (χ4v) is 4.43. The van der Waals surface area contributed by atoms with Gasteiger partial charge in [-0.3, -0.25) is 0 Å². The second-order valence-electron chi connectivity index (χ2n) is 9.55. The van der Waals surface area contributed by atoms with Crippen molar-refractivity contribution in [3.8, 4) is 40.5 Å². The van der Waals surface area contributed by atoms with Crippen molar-refractivity contribution in [1.82, 2.24) is 4.98 Å². The Hall–Kier alpha value is -3.43. The van der Waals surface area contributed by atoms with E-state index in [2.05, 4.69) is 0 Å². The van der Waals surface area contributed by atoms with Crippen molar-refractivity contribution in [3.63, 3.8) is 0 Å². The van der Waals surface area contributed by atoms with Gasteiger partial charge in [0.25, 0.3) is 0 Å². The normalized spacial score (nSPS) is 14.4. The minimum absolute atomic E-state index is 0.00793. The smallest absolute Gasteiger partial charge is 0.419 e. The maximum absolute atomic E-state index is 13.8. The number of hydrogen-bond acceptors (Lipinski definition) is 5. The molecule has 0 aliphatic heterocycles. The van der Waals surface area contributed by atoms with Crippen molar-refractivity contribution >= 4 is 14.0 Å². The molecule has 0 amide bonds. The Labute approximate surface area is 211 Å². The first kappa shape index (κ1) is 27.2. The Bertz CT molecular complexity index is 1360. The number of aliphatic hydroxyl groups excluding tert-OH is 1. The number of aryl methyl sites for hydroxylation is 1. The van der Waals surface area contributed by atoms with E-state index in [0.717, 1.165) is 18.1 Å². The lowest BCUT2D eigenvalue weighted by atomic mass is 9.87. The summed E-state index contributed by atoms with van der Waals surface area (Å²) >= 11 is 0. The third-order valence-electron chi connectivity index (χ3n) is 5.89. The molecular formula is C28H28FNO5P+. The molecule has 3 unspecified atom stereocenters. The summed E-state index contributed by atoms with van der Waals surface area (Å²) < 4.78 is 31.7. The Morgan fingerprint density at radius 2 is 1.75 bits per heavy atom. The zero-order chi connectivity index (χ0) is 26.8. The molecule has 0 aliphatic rings. The molecule has 0 fully saturated rings. The van der Waals surface area contributed by atoms with Crippen LogP contribution in [0, 0.1) is 25.1 Å². The molecule has 1 heterocycles. The lowest BCUT2D eigenvalue weighted by Gasteiger charge is -2.26. The number of aliphatic hydroxyl groups is 1. The summed E-state index contributed by atoms with van der Waals surface area (Å²) in [5.41, 5.74) is 3.07. The lowest BCUT2D eigenvalue weighted by molar-refractivity contribution is -0.138. The van der Waals surface area contributed by atoms with Crippen molar-refractivity contribution in [3.05, 3.63) is 71.7 Å². The molecule has 3 atom stereocenters. The van der Waals surface area contributed by atoms with Crippen LogP contribution in [0.3, 0.4) is 0 Å². The Balaban J connectivity index is 2.37. The summed E-state index contributed by atoms with van der Waals surface area (Å²) in [5, 5.41) is 7.72. The van der Waals surface area contributed by atoms with E-state index in [0.29, 0.717) is 22.5 Å². The van der Waals surface area contributed by atoms with Crippen LogP contribution in [0.5, 0.6) is 5.75 Å². The summed E-state index contributed by atoms with van der Waals surface area (Å²) in [6.07, 6.45) is 3.79. The number of carbonyl (C=O) groups excluding carboxylic acids is 1. The van der Waals surface area contributed by atoms with Gasteiger partial charge in [0.1, 0.15) is 11.9 Å². The van der Waals surface area contributed by atoms with Crippen molar-refractivity contribution in [2.75, 3.05) is 0 Å². The molecule has 3 rings (SSSR count). The number of nitrogens with zero attached hydrogens (tertiary/aromatic N) is 1. The predicted molar refractivity (Wildman–Crippen MR) is 137 cm³/mol. The molecule has 0 saturated heterocycles. The first-order valence-electron chi connectivity index (χ1n) is 11.2. The number of rotatable bonds is 6. The van der Waals surface area contributed by atoms with Gasteiger partial charge in [0.15, 0.2) is 5.75 Å². The second-order valence-corrected chi connectivity index (χ2v) is 10.8. The Morgan fingerprint density at radius 3 is 2.25 bits per heavy atom. The zero-order valence-electron chi connectivity index (χ0n) is 20.7. The molecule has 0 bridgehead atoms. The first-order chi connectivity index (χ1) is 16.8. The standard InChI is InChI=1S/C28H27FNO5P/c1-7-28(18(3)31,36(33)34)26(32)35-24-22(19-12-14-20(29)15-13-19)16-23(30-25(24)27(4,5)6)21-11-9-8-10-17(21)2/h1,8-16,18,31H,2-6H3/p+1. The van der Waals surface area contributed by atoms with E-state index in [1.807, 2.05) is 57.9 Å². The number of aromatic nitrogens is 1. The van der Waals surface area contributed by atoms with Crippen LogP contribution in [0.1, 0.15) is 39.0 Å². The van der Waals surface area contributed by atoms with E-state index in [4.69, 9.17) is 16.1 Å². The van der Waals surface area contributed by atoms with Gasteiger partial charge >= 0.3 is 19.2 Å². The fourth-order valence-electron chi connectivity index (χ4n) is 3.80. The molecular weight excluding hydrogens is 480 g/mol. The van der Waals surface area contributed by atoms with Crippen molar-refractivity contribution in [1.29, 1.82) is 0 Å². The molecule has 2 N–H and O–H groups in total. The summed E-state index contributed by atoms with van der Waals surface area (Å²) in [7, 11) is -3.36. The maximum atomic E-state index is 13.8. The summed E-state index contributed by atoms with van der Waals surface area (Å²) in [6.45, 7) is 8.71. The number of halogens is 1. The maximum Gasteiger partial charge on any atom is 0.540 e. The van der Waals surface area contributed by atoms with E-state index >= 15 is 0 Å². The molecule has 0 radical (unpaired) electrons. The van der Waals surface area contributed by atoms with Gasteiger partial charge in [0.2, 0.25) is 0 Å². The number of pyridine rings is 1. The van der Waals surface area contributed by atoms with Crippen LogP contribution < -0.4 is 4.74 Å². The van der Waals surface area contributed by atoms with Gasteiger partial charge in [-0.15, -0.1) is 6.42 Å². The van der Waals surface area contributed by atoms with Crippen LogP contribution >= 0.6 is 8.03 Å². The van der Waals surface area contributed by atoms with Crippen molar-refractivity contribution < 1.29 is 28.5 Å². The van der Waals surface area contributed by atoms with E-state index < -0.39 is 36.5 Å². The number of terminal acetylenes is 1. The predicted octanol–water partition coefficient (Wildman–Crippen LogP) is 5.55. The van der Waals surface area contributed by atoms with Crippen LogP contribution in [0.2, 0.25) is 0 Å². The SMILES string of the molecule is C#CC(C(=O)Oc1c(-c2ccc(F)cc2)cc(-c2ccccc2C)nc1C(C)(C)C)(C(C)O)[P+](=O)O. The van der Waals surface area contributed by atoms with Crippen LogP contribution in [0.4, 0.5) is 4.39 Å². The minimum atomic E-state index is -3.36. The highest BCUT2D eigenvalue weighted by molar-refractivity contribution is 7.42. The quantitative estimate of drug-likeness (QED) is 0.257. The molecule has 3 aromatic rings.